The quantitative estimate of drug-likeness (QED) is 0.228. The van der Waals surface area contributed by atoms with E-state index in [4.69, 9.17) is 9.47 Å². The van der Waals surface area contributed by atoms with Crippen LogP contribution in [0.5, 0.6) is 11.5 Å². The number of nitrogens with zero attached hydrogens (tertiary/aromatic N) is 2. The molecule has 2 aromatic rings. The molecule has 0 aliphatic carbocycles. The van der Waals surface area contributed by atoms with Gasteiger partial charge in [0.1, 0.15) is 5.56 Å². The normalized spacial score (nSPS) is 11.0. The average Bonchev–Trinajstić information content (AvgIpc) is 2.82. The molecule has 0 atom stereocenters. The molecule has 0 unspecified atom stereocenters. The second-order valence-electron chi connectivity index (χ2n) is 7.82. The highest BCUT2D eigenvalue weighted by Gasteiger charge is 2.11. The summed E-state index contributed by atoms with van der Waals surface area (Å²) in [5, 5.41) is 3.99. The maximum Gasteiger partial charge on any atom is 0.276 e. The first-order valence-corrected chi connectivity index (χ1v) is 12.0. The van der Waals surface area contributed by atoms with Crippen molar-refractivity contribution >= 4 is 12.1 Å². The van der Waals surface area contributed by atoms with E-state index in [1.165, 1.54) is 55.4 Å². The van der Waals surface area contributed by atoms with E-state index in [1.807, 2.05) is 32.0 Å². The van der Waals surface area contributed by atoms with Gasteiger partial charge in [-0.3, -0.25) is 9.59 Å². The van der Waals surface area contributed by atoms with Crippen molar-refractivity contribution in [2.75, 3.05) is 13.2 Å². The van der Waals surface area contributed by atoms with Crippen LogP contribution in [0.2, 0.25) is 0 Å². The van der Waals surface area contributed by atoms with Crippen molar-refractivity contribution in [1.82, 2.24) is 9.99 Å². The lowest BCUT2D eigenvalue weighted by molar-refractivity contribution is 0.0953. The monoisotopic (exact) mass is 455 g/mol. The van der Waals surface area contributed by atoms with Crippen molar-refractivity contribution in [3.63, 3.8) is 0 Å². The fraction of sp³-hybridized carbons (Fsp3) is 0.500. The summed E-state index contributed by atoms with van der Waals surface area (Å²) in [6, 6.07) is 8.69. The number of amides is 1. The Bertz CT molecular complexity index is 953. The van der Waals surface area contributed by atoms with E-state index >= 15 is 0 Å². The zero-order valence-electron chi connectivity index (χ0n) is 20.1. The minimum Gasteiger partial charge on any atom is -0.490 e. The van der Waals surface area contributed by atoms with Gasteiger partial charge in [0.05, 0.1) is 19.4 Å². The van der Waals surface area contributed by atoms with Crippen LogP contribution in [0, 0.1) is 0 Å². The summed E-state index contributed by atoms with van der Waals surface area (Å²) in [5.74, 6) is 0.803. The molecular weight excluding hydrogens is 418 g/mol. The zero-order chi connectivity index (χ0) is 23.9. The number of rotatable bonds is 15. The molecule has 0 aliphatic rings. The lowest BCUT2D eigenvalue weighted by atomic mass is 10.1. The summed E-state index contributed by atoms with van der Waals surface area (Å²) < 4.78 is 13.1. The molecule has 180 valence electrons. The Balaban J connectivity index is 1.90. The molecule has 0 saturated carbocycles. The predicted molar refractivity (Wildman–Crippen MR) is 133 cm³/mol. The minimum absolute atomic E-state index is 0.0561. The van der Waals surface area contributed by atoms with Crippen molar-refractivity contribution < 1.29 is 14.3 Å². The average molecular weight is 456 g/mol. The van der Waals surface area contributed by atoms with E-state index in [9.17, 15) is 9.59 Å². The Labute approximate surface area is 196 Å². The Hall–Kier alpha value is -3.09. The number of carbonyl (C=O) groups is 1. The SMILES string of the molecule is CCCCCCCCCOc1ccc(/C=N\NC(=O)c2cccn(CC)c2=O)cc1OCC. The van der Waals surface area contributed by atoms with E-state index in [0.717, 1.165) is 12.0 Å². The van der Waals surface area contributed by atoms with Crippen molar-refractivity contribution in [3.05, 3.63) is 58.0 Å². The van der Waals surface area contributed by atoms with E-state index in [0.29, 0.717) is 31.3 Å². The van der Waals surface area contributed by atoms with E-state index in [-0.39, 0.29) is 11.1 Å². The van der Waals surface area contributed by atoms with Crippen molar-refractivity contribution in [1.29, 1.82) is 0 Å². The Morgan fingerprint density at radius 3 is 2.48 bits per heavy atom. The van der Waals surface area contributed by atoms with Gasteiger partial charge < -0.3 is 14.0 Å². The molecular formula is C26H37N3O4. The number of hydrogen-bond donors (Lipinski definition) is 1. The molecule has 0 radical (unpaired) electrons. The lowest BCUT2D eigenvalue weighted by Crippen LogP contribution is -2.30. The lowest BCUT2D eigenvalue weighted by Gasteiger charge is -2.12. The minimum atomic E-state index is -0.543. The number of carbonyl (C=O) groups excluding carboxylic acids is 1. The van der Waals surface area contributed by atoms with Gasteiger partial charge in [-0.05, 0) is 56.2 Å². The Morgan fingerprint density at radius 2 is 1.76 bits per heavy atom. The largest absolute Gasteiger partial charge is 0.490 e. The van der Waals surface area contributed by atoms with Gasteiger partial charge in [-0.2, -0.15) is 5.10 Å². The molecule has 1 aromatic carbocycles. The summed E-state index contributed by atoms with van der Waals surface area (Å²) in [6.07, 6.45) is 11.8. The number of hydrazone groups is 1. The van der Waals surface area contributed by atoms with Crippen LogP contribution < -0.4 is 20.5 Å². The third kappa shape index (κ3) is 8.75. The van der Waals surface area contributed by atoms with Gasteiger partial charge in [0, 0.05) is 12.7 Å². The molecule has 33 heavy (non-hydrogen) atoms. The summed E-state index contributed by atoms with van der Waals surface area (Å²) in [7, 11) is 0. The number of aryl methyl sites for hydroxylation is 1. The molecule has 7 nitrogen and oxygen atoms in total. The van der Waals surface area contributed by atoms with Gasteiger partial charge in [0.2, 0.25) is 0 Å². The van der Waals surface area contributed by atoms with Crippen LogP contribution in [0.15, 0.2) is 46.4 Å². The van der Waals surface area contributed by atoms with Crippen molar-refractivity contribution in [2.24, 2.45) is 5.10 Å². The summed E-state index contributed by atoms with van der Waals surface area (Å²) in [4.78, 5) is 24.5. The van der Waals surface area contributed by atoms with E-state index in [2.05, 4.69) is 17.5 Å². The summed E-state index contributed by atoms with van der Waals surface area (Å²) >= 11 is 0. The molecule has 0 aliphatic heterocycles. The van der Waals surface area contributed by atoms with Gasteiger partial charge >= 0.3 is 0 Å². The second-order valence-corrected chi connectivity index (χ2v) is 7.82. The maximum absolute atomic E-state index is 12.3. The van der Waals surface area contributed by atoms with Gasteiger partial charge in [-0.1, -0.05) is 45.4 Å². The molecule has 0 bridgehead atoms. The number of hydrogen-bond acceptors (Lipinski definition) is 5. The van der Waals surface area contributed by atoms with Crippen LogP contribution in [0.3, 0.4) is 0 Å². The van der Waals surface area contributed by atoms with E-state index in [1.54, 1.807) is 12.3 Å². The molecule has 1 amide bonds. The molecule has 1 heterocycles. The zero-order valence-corrected chi connectivity index (χ0v) is 20.1. The standard InChI is InChI=1S/C26H37N3O4/c1-4-7-8-9-10-11-12-18-33-23-16-15-21(19-24(23)32-6-3)20-27-28-25(30)22-14-13-17-29(5-2)26(22)31/h13-17,19-20H,4-12,18H2,1-3H3,(H,28,30)/b27-20-. The number of unbranched alkanes of at least 4 members (excludes halogenated alkanes) is 6. The van der Waals surface area contributed by atoms with Crippen LogP contribution in [0.25, 0.3) is 0 Å². The molecule has 2 rings (SSSR count). The second kappa shape index (κ2) is 14.9. The third-order valence-corrected chi connectivity index (χ3v) is 5.26. The maximum atomic E-state index is 12.3. The van der Waals surface area contributed by atoms with Gasteiger partial charge in [0.25, 0.3) is 11.5 Å². The van der Waals surface area contributed by atoms with Gasteiger partial charge in [0.15, 0.2) is 11.5 Å². The molecule has 0 fully saturated rings. The van der Waals surface area contributed by atoms with Crippen LogP contribution in [-0.4, -0.2) is 29.9 Å². The smallest absolute Gasteiger partial charge is 0.276 e. The molecule has 1 aromatic heterocycles. The van der Waals surface area contributed by atoms with Crippen molar-refractivity contribution in [2.45, 2.75) is 72.3 Å². The molecule has 7 heteroatoms. The summed E-state index contributed by atoms with van der Waals surface area (Å²) in [5.41, 5.74) is 2.89. The highest BCUT2D eigenvalue weighted by molar-refractivity contribution is 5.94. The van der Waals surface area contributed by atoms with Gasteiger partial charge in [-0.25, -0.2) is 5.43 Å². The molecule has 1 N–H and O–H groups in total. The van der Waals surface area contributed by atoms with Crippen LogP contribution in [0.1, 0.15) is 81.6 Å². The van der Waals surface area contributed by atoms with Gasteiger partial charge in [-0.15, -0.1) is 0 Å². The fourth-order valence-electron chi connectivity index (χ4n) is 3.42. The first-order chi connectivity index (χ1) is 16.1. The Kier molecular flexibility index (Phi) is 11.8. The van der Waals surface area contributed by atoms with Crippen LogP contribution in [0.4, 0.5) is 0 Å². The number of ether oxygens (including phenoxy) is 2. The molecule has 0 spiro atoms. The number of pyridine rings is 1. The van der Waals surface area contributed by atoms with Crippen molar-refractivity contribution in [3.8, 4) is 11.5 Å². The first-order valence-electron chi connectivity index (χ1n) is 12.0. The highest BCUT2D eigenvalue weighted by atomic mass is 16.5. The topological polar surface area (TPSA) is 81.9 Å². The summed E-state index contributed by atoms with van der Waals surface area (Å²) in [6.45, 7) is 7.67. The fourth-order valence-corrected chi connectivity index (χ4v) is 3.42. The highest BCUT2D eigenvalue weighted by Crippen LogP contribution is 2.28. The number of aromatic nitrogens is 1. The Morgan fingerprint density at radius 1 is 1.00 bits per heavy atom. The van der Waals surface area contributed by atoms with Crippen LogP contribution >= 0.6 is 0 Å². The predicted octanol–water partition coefficient (Wildman–Crippen LogP) is 5.16. The number of nitrogens with one attached hydrogen (secondary N) is 1. The third-order valence-electron chi connectivity index (χ3n) is 5.26. The first kappa shape index (κ1) is 26.2. The molecule has 0 saturated heterocycles. The van der Waals surface area contributed by atoms with E-state index < -0.39 is 5.91 Å². The van der Waals surface area contributed by atoms with Crippen LogP contribution in [-0.2, 0) is 6.54 Å². The number of benzene rings is 1.